The molecule has 0 aliphatic rings. The van der Waals surface area contributed by atoms with Crippen LogP contribution in [0.1, 0.15) is 23.4 Å². The largest absolute Gasteiger partial charge is 0.356 e. The highest BCUT2D eigenvalue weighted by atomic mass is 16.1. The van der Waals surface area contributed by atoms with Gasteiger partial charge in [0.1, 0.15) is 5.82 Å². The number of aromatic nitrogens is 2. The second-order valence-electron chi connectivity index (χ2n) is 6.04. The Kier molecular flexibility index (Phi) is 5.99. The number of aryl methyl sites for hydroxylation is 1. The molecule has 4 heteroatoms. The van der Waals surface area contributed by atoms with Crippen LogP contribution in [0.3, 0.4) is 0 Å². The van der Waals surface area contributed by atoms with Crippen molar-refractivity contribution in [2.24, 2.45) is 0 Å². The highest BCUT2D eigenvalue weighted by Gasteiger charge is 2.06. The Bertz CT molecular complexity index is 781. The molecule has 0 saturated carbocycles. The molecule has 0 radical (unpaired) electrons. The van der Waals surface area contributed by atoms with E-state index >= 15 is 0 Å². The molecular weight excluding hydrogens is 310 g/mol. The van der Waals surface area contributed by atoms with Gasteiger partial charge in [0.25, 0.3) is 0 Å². The van der Waals surface area contributed by atoms with Gasteiger partial charge in [-0.05, 0) is 17.5 Å². The summed E-state index contributed by atoms with van der Waals surface area (Å²) < 4.78 is 2.13. The maximum Gasteiger partial charge on any atom is 0.220 e. The molecule has 0 atom stereocenters. The predicted octanol–water partition coefficient (Wildman–Crippen LogP) is 3.22. The molecule has 3 aromatic rings. The lowest BCUT2D eigenvalue weighted by atomic mass is 10.1. The Morgan fingerprint density at radius 1 is 0.920 bits per heavy atom. The molecule has 1 N–H and O–H groups in total. The molecule has 4 nitrogen and oxygen atoms in total. The number of nitrogens with one attached hydrogen (secondary N) is 1. The third-order valence-corrected chi connectivity index (χ3v) is 4.15. The summed E-state index contributed by atoms with van der Waals surface area (Å²) in [7, 11) is 0. The summed E-state index contributed by atoms with van der Waals surface area (Å²) in [6, 6.07) is 20.4. The first-order chi connectivity index (χ1) is 12.3. The molecule has 0 aliphatic heterocycles. The molecule has 1 heterocycles. The number of amides is 1. The van der Waals surface area contributed by atoms with Crippen LogP contribution >= 0.6 is 0 Å². The van der Waals surface area contributed by atoms with E-state index in [0.29, 0.717) is 13.0 Å². The van der Waals surface area contributed by atoms with E-state index in [0.717, 1.165) is 25.2 Å². The normalized spacial score (nSPS) is 10.6. The van der Waals surface area contributed by atoms with E-state index in [1.165, 1.54) is 11.1 Å². The van der Waals surface area contributed by atoms with Crippen molar-refractivity contribution in [1.29, 1.82) is 0 Å². The first-order valence-electron chi connectivity index (χ1n) is 8.66. The van der Waals surface area contributed by atoms with Gasteiger partial charge >= 0.3 is 0 Å². The van der Waals surface area contributed by atoms with Gasteiger partial charge in [-0.2, -0.15) is 0 Å². The summed E-state index contributed by atoms with van der Waals surface area (Å²) in [6.07, 6.45) is 5.82. The second kappa shape index (κ2) is 8.83. The van der Waals surface area contributed by atoms with Crippen molar-refractivity contribution in [3.63, 3.8) is 0 Å². The molecular formula is C21H23N3O. The minimum absolute atomic E-state index is 0.0880. The molecule has 128 valence electrons. The van der Waals surface area contributed by atoms with Gasteiger partial charge in [0, 0.05) is 38.3 Å². The molecule has 0 saturated heterocycles. The fraction of sp³-hybridized carbons (Fsp3) is 0.238. The average molecular weight is 333 g/mol. The van der Waals surface area contributed by atoms with Gasteiger partial charge in [0.15, 0.2) is 0 Å². The van der Waals surface area contributed by atoms with Crippen molar-refractivity contribution in [2.45, 2.75) is 25.8 Å². The molecule has 3 rings (SSSR count). The lowest BCUT2D eigenvalue weighted by Gasteiger charge is -2.09. The average Bonchev–Trinajstić information content (AvgIpc) is 3.09. The van der Waals surface area contributed by atoms with E-state index in [9.17, 15) is 4.79 Å². The zero-order chi connectivity index (χ0) is 17.3. The second-order valence-corrected chi connectivity index (χ2v) is 6.04. The molecule has 0 fully saturated rings. The van der Waals surface area contributed by atoms with E-state index < -0.39 is 0 Å². The van der Waals surface area contributed by atoms with Crippen molar-refractivity contribution in [2.75, 3.05) is 6.54 Å². The van der Waals surface area contributed by atoms with E-state index in [4.69, 9.17) is 0 Å². The lowest BCUT2D eigenvalue weighted by Crippen LogP contribution is -2.26. The van der Waals surface area contributed by atoms with Crippen molar-refractivity contribution in [3.8, 4) is 0 Å². The maximum atomic E-state index is 12.0. The lowest BCUT2D eigenvalue weighted by molar-refractivity contribution is -0.121. The quantitative estimate of drug-likeness (QED) is 0.688. The predicted molar refractivity (Wildman–Crippen MR) is 99.2 cm³/mol. The van der Waals surface area contributed by atoms with E-state index in [1.807, 2.05) is 60.9 Å². The highest BCUT2D eigenvalue weighted by Crippen LogP contribution is 2.06. The summed E-state index contributed by atoms with van der Waals surface area (Å²) >= 11 is 0. The van der Waals surface area contributed by atoms with E-state index in [1.54, 1.807) is 0 Å². The number of carbonyl (C=O) groups excluding carboxylic acids is 1. The number of hydrogen-bond donors (Lipinski definition) is 1. The highest BCUT2D eigenvalue weighted by molar-refractivity contribution is 5.76. The molecule has 0 aliphatic carbocycles. The SMILES string of the molecule is O=C(CCc1ccccc1)NCCc1nccn1Cc1ccccc1. The first-order valence-corrected chi connectivity index (χ1v) is 8.66. The number of carbonyl (C=O) groups is 1. The minimum Gasteiger partial charge on any atom is -0.356 e. The Morgan fingerprint density at radius 2 is 1.60 bits per heavy atom. The van der Waals surface area contributed by atoms with Crippen molar-refractivity contribution < 1.29 is 4.79 Å². The van der Waals surface area contributed by atoms with Gasteiger partial charge in [-0.3, -0.25) is 4.79 Å². The molecule has 1 aromatic heterocycles. The molecule has 0 bridgehead atoms. The number of imidazole rings is 1. The Morgan fingerprint density at radius 3 is 2.32 bits per heavy atom. The van der Waals surface area contributed by atoms with Crippen LogP contribution < -0.4 is 5.32 Å². The third-order valence-electron chi connectivity index (χ3n) is 4.15. The first kappa shape index (κ1) is 17.0. The van der Waals surface area contributed by atoms with Crippen LogP contribution in [-0.2, 0) is 24.2 Å². The van der Waals surface area contributed by atoms with Gasteiger partial charge in [0.2, 0.25) is 5.91 Å². The van der Waals surface area contributed by atoms with Crippen LogP contribution in [0, 0.1) is 0 Å². The smallest absolute Gasteiger partial charge is 0.220 e. The van der Waals surface area contributed by atoms with Crippen LogP contribution in [-0.4, -0.2) is 22.0 Å². The summed E-state index contributed by atoms with van der Waals surface area (Å²) in [6.45, 7) is 1.41. The fourth-order valence-corrected chi connectivity index (χ4v) is 2.80. The topological polar surface area (TPSA) is 46.9 Å². The van der Waals surface area contributed by atoms with Gasteiger partial charge in [-0.25, -0.2) is 4.98 Å². The van der Waals surface area contributed by atoms with Crippen molar-refractivity contribution >= 4 is 5.91 Å². The van der Waals surface area contributed by atoms with Crippen LogP contribution in [0.25, 0.3) is 0 Å². The monoisotopic (exact) mass is 333 g/mol. The number of nitrogens with zero attached hydrogens (tertiary/aromatic N) is 2. The summed E-state index contributed by atoms with van der Waals surface area (Å²) in [5, 5.41) is 2.99. The molecule has 25 heavy (non-hydrogen) atoms. The minimum atomic E-state index is 0.0880. The number of rotatable bonds is 8. The number of benzene rings is 2. The van der Waals surface area contributed by atoms with Gasteiger partial charge in [-0.15, -0.1) is 0 Å². The van der Waals surface area contributed by atoms with E-state index in [-0.39, 0.29) is 5.91 Å². The van der Waals surface area contributed by atoms with Crippen molar-refractivity contribution in [1.82, 2.24) is 14.9 Å². The molecule has 0 spiro atoms. The van der Waals surface area contributed by atoms with Gasteiger partial charge in [-0.1, -0.05) is 60.7 Å². The third kappa shape index (κ3) is 5.31. The van der Waals surface area contributed by atoms with Gasteiger partial charge < -0.3 is 9.88 Å². The summed E-state index contributed by atoms with van der Waals surface area (Å²) in [4.78, 5) is 16.4. The molecule has 2 aromatic carbocycles. The zero-order valence-corrected chi connectivity index (χ0v) is 14.3. The molecule has 0 unspecified atom stereocenters. The van der Waals surface area contributed by atoms with Crippen LogP contribution in [0.15, 0.2) is 73.1 Å². The fourth-order valence-electron chi connectivity index (χ4n) is 2.80. The van der Waals surface area contributed by atoms with Crippen LogP contribution in [0.5, 0.6) is 0 Å². The Hall–Kier alpha value is -2.88. The van der Waals surface area contributed by atoms with Crippen molar-refractivity contribution in [3.05, 3.63) is 90.0 Å². The van der Waals surface area contributed by atoms with Gasteiger partial charge in [0.05, 0.1) is 0 Å². The summed E-state index contributed by atoms with van der Waals surface area (Å²) in [5.41, 5.74) is 2.43. The maximum absolute atomic E-state index is 12.0. The zero-order valence-electron chi connectivity index (χ0n) is 14.3. The molecule has 1 amide bonds. The van der Waals surface area contributed by atoms with Crippen LogP contribution in [0.4, 0.5) is 0 Å². The number of hydrogen-bond acceptors (Lipinski definition) is 2. The standard InChI is InChI=1S/C21H23N3O/c25-21(12-11-18-7-3-1-4-8-18)23-14-13-20-22-15-16-24(20)17-19-9-5-2-6-10-19/h1-10,15-16H,11-14,17H2,(H,23,25). The van der Waals surface area contributed by atoms with Crippen LogP contribution in [0.2, 0.25) is 0 Å². The Labute approximate surface area is 148 Å². The summed E-state index contributed by atoms with van der Waals surface area (Å²) in [5.74, 6) is 1.08. The van der Waals surface area contributed by atoms with E-state index in [2.05, 4.69) is 27.0 Å². The Balaban J connectivity index is 1.43.